The topological polar surface area (TPSA) is 40.7 Å². The molecule has 29 heavy (non-hydrogen) atoms. The molecule has 0 bridgehead atoms. The van der Waals surface area contributed by atoms with Gasteiger partial charge in [0.25, 0.3) is 0 Å². The summed E-state index contributed by atoms with van der Waals surface area (Å²) < 4.78 is 0. The van der Waals surface area contributed by atoms with Crippen molar-refractivity contribution in [2.24, 2.45) is 0 Å². The zero-order valence-corrected chi connectivity index (χ0v) is 17.0. The highest BCUT2D eigenvalue weighted by atomic mass is 35.5. The van der Waals surface area contributed by atoms with Crippen molar-refractivity contribution in [2.75, 3.05) is 6.54 Å². The van der Waals surface area contributed by atoms with Crippen molar-refractivity contribution < 1.29 is 0 Å². The number of halogens is 2. The molecule has 0 radical (unpaired) electrons. The van der Waals surface area contributed by atoms with E-state index in [9.17, 15) is 0 Å². The van der Waals surface area contributed by atoms with Crippen LogP contribution in [0.2, 0.25) is 10.0 Å². The maximum absolute atomic E-state index is 6.24. The summed E-state index contributed by atoms with van der Waals surface area (Å²) in [7, 11) is 0. The number of pyridine rings is 1. The predicted octanol–water partition coefficient (Wildman–Crippen LogP) is 5.58. The van der Waals surface area contributed by atoms with E-state index >= 15 is 0 Å². The van der Waals surface area contributed by atoms with Crippen LogP contribution in [0.1, 0.15) is 22.3 Å². The molecule has 1 aliphatic rings. The summed E-state index contributed by atoms with van der Waals surface area (Å²) in [4.78, 5) is 7.79. The van der Waals surface area contributed by atoms with Crippen molar-refractivity contribution in [1.29, 1.82) is 0 Å². The van der Waals surface area contributed by atoms with E-state index in [1.165, 1.54) is 16.7 Å². The Kier molecular flexibility index (Phi) is 4.77. The Morgan fingerprint density at radius 3 is 2.66 bits per heavy atom. The lowest BCUT2D eigenvalue weighted by Crippen LogP contribution is -2.23. The minimum Gasteiger partial charge on any atom is -0.345 e. The van der Waals surface area contributed by atoms with Crippen LogP contribution in [0.4, 0.5) is 0 Å². The van der Waals surface area contributed by atoms with Gasteiger partial charge in [0.05, 0.1) is 21.2 Å². The van der Waals surface area contributed by atoms with E-state index in [-0.39, 0.29) is 0 Å². The molecule has 4 aromatic rings. The second-order valence-corrected chi connectivity index (χ2v) is 7.89. The Hall–Kier alpha value is -2.77. The summed E-state index contributed by atoms with van der Waals surface area (Å²) in [5, 5.41) is 5.49. The van der Waals surface area contributed by atoms with Crippen molar-refractivity contribution in [3.8, 4) is 23.0 Å². The molecule has 2 N–H and O–H groups in total. The third-order valence-electron chi connectivity index (χ3n) is 5.24. The lowest BCUT2D eigenvalue weighted by Gasteiger charge is -2.17. The molecule has 3 heterocycles. The van der Waals surface area contributed by atoms with E-state index in [0.717, 1.165) is 41.7 Å². The number of nitrogens with zero attached hydrogens (tertiary/aromatic N) is 1. The van der Waals surface area contributed by atoms with Crippen LogP contribution in [0.3, 0.4) is 0 Å². The molecule has 3 nitrogen and oxygen atoms in total. The predicted molar refractivity (Wildman–Crippen MR) is 119 cm³/mol. The first-order chi connectivity index (χ1) is 14.2. The van der Waals surface area contributed by atoms with Gasteiger partial charge in [-0.1, -0.05) is 59.3 Å². The van der Waals surface area contributed by atoms with Gasteiger partial charge in [-0.2, -0.15) is 0 Å². The van der Waals surface area contributed by atoms with Gasteiger partial charge < -0.3 is 10.3 Å². The first-order valence-corrected chi connectivity index (χ1v) is 10.2. The largest absolute Gasteiger partial charge is 0.345 e. The number of aromatic nitrogens is 2. The molecule has 0 atom stereocenters. The molecular formula is C24H17Cl2N3. The zero-order valence-electron chi connectivity index (χ0n) is 15.5. The van der Waals surface area contributed by atoms with Gasteiger partial charge in [0.1, 0.15) is 5.65 Å². The third-order valence-corrected chi connectivity index (χ3v) is 5.87. The number of fused-ring (bicyclic) bond motifs is 2. The summed E-state index contributed by atoms with van der Waals surface area (Å²) in [6, 6.07) is 14.2. The zero-order chi connectivity index (χ0) is 19.8. The van der Waals surface area contributed by atoms with Crippen LogP contribution >= 0.6 is 23.2 Å². The molecule has 142 valence electrons. The highest BCUT2D eigenvalue weighted by Gasteiger charge is 2.11. The Bertz CT molecular complexity index is 1270. The van der Waals surface area contributed by atoms with Crippen LogP contribution < -0.4 is 5.32 Å². The molecule has 5 rings (SSSR count). The molecule has 0 saturated heterocycles. The third kappa shape index (κ3) is 3.52. The highest BCUT2D eigenvalue weighted by molar-refractivity contribution is 6.36. The van der Waals surface area contributed by atoms with Crippen LogP contribution in [-0.4, -0.2) is 16.5 Å². The van der Waals surface area contributed by atoms with E-state index in [0.29, 0.717) is 15.6 Å². The van der Waals surface area contributed by atoms with Gasteiger partial charge >= 0.3 is 0 Å². The summed E-state index contributed by atoms with van der Waals surface area (Å²) in [5.41, 5.74) is 7.35. The second kappa shape index (κ2) is 7.57. The van der Waals surface area contributed by atoms with E-state index in [2.05, 4.69) is 51.4 Å². The molecule has 0 amide bonds. The average molecular weight is 418 g/mol. The Labute approximate surface area is 179 Å². The number of aromatic amines is 1. The fourth-order valence-electron chi connectivity index (χ4n) is 3.67. The van der Waals surface area contributed by atoms with Crippen molar-refractivity contribution in [1.82, 2.24) is 15.3 Å². The molecule has 0 saturated carbocycles. The molecular weight excluding hydrogens is 401 g/mol. The Balaban J connectivity index is 1.56. The van der Waals surface area contributed by atoms with Crippen LogP contribution in [0.15, 0.2) is 54.9 Å². The molecule has 0 spiro atoms. The molecule has 1 aliphatic heterocycles. The maximum Gasteiger partial charge on any atom is 0.138 e. The van der Waals surface area contributed by atoms with Gasteiger partial charge in [0.15, 0.2) is 0 Å². The van der Waals surface area contributed by atoms with E-state index in [1.54, 1.807) is 12.1 Å². The fraction of sp³-hybridized carbons (Fsp3) is 0.125. The van der Waals surface area contributed by atoms with E-state index in [1.807, 2.05) is 18.5 Å². The first kappa shape index (κ1) is 18.3. The van der Waals surface area contributed by atoms with E-state index < -0.39 is 0 Å². The molecule has 2 aromatic heterocycles. The van der Waals surface area contributed by atoms with Crippen molar-refractivity contribution in [2.45, 2.75) is 13.0 Å². The minimum absolute atomic E-state index is 0.548. The number of rotatable bonds is 1. The van der Waals surface area contributed by atoms with Gasteiger partial charge in [-0.3, -0.25) is 0 Å². The number of hydrogen-bond acceptors (Lipinski definition) is 2. The number of benzene rings is 2. The SMILES string of the molecule is Clc1cccc(Cl)c1C#Cc1c[nH]c2ncc(-c3ccc4c(c3)CCNC4)cc12. The van der Waals surface area contributed by atoms with Crippen LogP contribution in [-0.2, 0) is 13.0 Å². The Morgan fingerprint density at radius 2 is 1.79 bits per heavy atom. The van der Waals surface area contributed by atoms with Crippen LogP contribution in [0, 0.1) is 11.8 Å². The Morgan fingerprint density at radius 1 is 0.931 bits per heavy atom. The summed E-state index contributed by atoms with van der Waals surface area (Å²) in [6.45, 7) is 1.96. The molecule has 0 fully saturated rings. The quantitative estimate of drug-likeness (QED) is 0.396. The van der Waals surface area contributed by atoms with Gasteiger partial charge in [0, 0.05) is 29.9 Å². The van der Waals surface area contributed by atoms with Crippen LogP contribution in [0.5, 0.6) is 0 Å². The first-order valence-electron chi connectivity index (χ1n) is 9.45. The normalized spacial score (nSPS) is 13.0. The van der Waals surface area contributed by atoms with E-state index in [4.69, 9.17) is 23.2 Å². The molecule has 0 aliphatic carbocycles. The standard InChI is InChI=1S/C24H17Cl2N3/c25-22-2-1-3-23(26)20(22)7-6-18-13-28-24-21(18)11-19(14-29-24)15-4-5-17-12-27-9-8-16(17)10-15/h1-5,10-11,13-14,27H,8-9,12H2,(H,28,29). The van der Waals surface area contributed by atoms with Crippen LogP contribution in [0.25, 0.3) is 22.2 Å². The highest BCUT2D eigenvalue weighted by Crippen LogP contribution is 2.28. The van der Waals surface area contributed by atoms with Gasteiger partial charge in [-0.25, -0.2) is 4.98 Å². The summed E-state index contributed by atoms with van der Waals surface area (Å²) in [5.74, 6) is 6.30. The summed E-state index contributed by atoms with van der Waals surface area (Å²) >= 11 is 12.5. The number of hydrogen-bond donors (Lipinski definition) is 2. The van der Waals surface area contributed by atoms with Crippen molar-refractivity contribution >= 4 is 34.2 Å². The van der Waals surface area contributed by atoms with Crippen molar-refractivity contribution in [3.63, 3.8) is 0 Å². The number of H-pyrrole nitrogens is 1. The molecule has 0 unspecified atom stereocenters. The number of nitrogens with one attached hydrogen (secondary N) is 2. The second-order valence-electron chi connectivity index (χ2n) is 7.08. The maximum atomic E-state index is 6.24. The van der Waals surface area contributed by atoms with Crippen molar-refractivity contribution in [3.05, 3.63) is 87.2 Å². The van der Waals surface area contributed by atoms with Gasteiger partial charge in [-0.05, 0) is 47.9 Å². The lowest BCUT2D eigenvalue weighted by atomic mass is 9.95. The molecule has 2 aromatic carbocycles. The lowest BCUT2D eigenvalue weighted by molar-refractivity contribution is 0.644. The monoisotopic (exact) mass is 417 g/mol. The molecule has 5 heteroatoms. The smallest absolute Gasteiger partial charge is 0.138 e. The fourth-order valence-corrected chi connectivity index (χ4v) is 4.16. The summed E-state index contributed by atoms with van der Waals surface area (Å²) in [6.07, 6.45) is 4.83. The van der Waals surface area contributed by atoms with Gasteiger partial charge in [0.2, 0.25) is 0 Å². The average Bonchev–Trinajstić information content (AvgIpc) is 3.15. The minimum atomic E-state index is 0.548. The van der Waals surface area contributed by atoms with Gasteiger partial charge in [-0.15, -0.1) is 0 Å².